The third-order valence-corrected chi connectivity index (χ3v) is 4.22. The highest BCUT2D eigenvalue weighted by atomic mass is 32.1. The van der Waals surface area contributed by atoms with Gasteiger partial charge in [-0.25, -0.2) is 0 Å². The number of amides is 1. The monoisotopic (exact) mass is 256 g/mol. The lowest BCUT2D eigenvalue weighted by Crippen LogP contribution is -2.50. The molecule has 3 N–H and O–H groups in total. The molecule has 1 rings (SSSR count). The van der Waals surface area contributed by atoms with Crippen LogP contribution in [-0.4, -0.2) is 16.9 Å². The zero-order valence-corrected chi connectivity index (χ0v) is 11.7. The molecule has 0 bridgehead atoms. The molecule has 0 aromatic carbocycles. The Bertz CT molecular complexity index is 285. The summed E-state index contributed by atoms with van der Waals surface area (Å²) in [5.74, 6) is 0.0581. The lowest BCUT2D eigenvalue weighted by molar-refractivity contribution is -0.128. The second-order valence-corrected chi connectivity index (χ2v) is 5.46. The van der Waals surface area contributed by atoms with Crippen molar-refractivity contribution in [2.75, 3.05) is 0 Å². The van der Waals surface area contributed by atoms with Crippen molar-refractivity contribution in [2.45, 2.75) is 64.8 Å². The molecule has 0 saturated heterocycles. The van der Waals surface area contributed by atoms with Crippen molar-refractivity contribution in [2.24, 2.45) is 11.1 Å². The largest absolute Gasteiger partial charge is 0.392 e. The Balaban J connectivity index is 2.69. The second-order valence-electron chi connectivity index (χ2n) is 5.02. The van der Waals surface area contributed by atoms with Crippen LogP contribution in [0.4, 0.5) is 0 Å². The van der Waals surface area contributed by atoms with Gasteiger partial charge in [-0.1, -0.05) is 45.3 Å². The van der Waals surface area contributed by atoms with Crippen LogP contribution in [-0.2, 0) is 4.79 Å². The fourth-order valence-corrected chi connectivity index (χ4v) is 2.91. The van der Waals surface area contributed by atoms with Gasteiger partial charge in [0.25, 0.3) is 0 Å². The summed E-state index contributed by atoms with van der Waals surface area (Å²) >= 11 is 5.11. The summed E-state index contributed by atoms with van der Waals surface area (Å²) in [5, 5.41) is 3.13. The first-order chi connectivity index (χ1) is 8.06. The maximum atomic E-state index is 12.4. The SMILES string of the molecule is CCCC(CC)NC(=O)C1(C(N)=S)CCCC1. The van der Waals surface area contributed by atoms with E-state index in [-0.39, 0.29) is 11.9 Å². The third kappa shape index (κ3) is 3.18. The highest BCUT2D eigenvalue weighted by Gasteiger charge is 2.44. The molecule has 3 nitrogen and oxygen atoms in total. The number of nitrogens with two attached hydrogens (primary N) is 1. The minimum atomic E-state index is -0.559. The summed E-state index contributed by atoms with van der Waals surface area (Å²) in [6.07, 6.45) is 6.81. The van der Waals surface area contributed by atoms with Gasteiger partial charge in [-0.05, 0) is 25.7 Å². The Morgan fingerprint density at radius 3 is 2.41 bits per heavy atom. The molecule has 0 aromatic rings. The normalized spacial score (nSPS) is 19.9. The number of hydrogen-bond acceptors (Lipinski definition) is 2. The topological polar surface area (TPSA) is 55.1 Å². The van der Waals surface area contributed by atoms with E-state index in [0.717, 1.165) is 44.9 Å². The van der Waals surface area contributed by atoms with E-state index in [1.807, 2.05) is 0 Å². The van der Waals surface area contributed by atoms with Gasteiger partial charge in [0, 0.05) is 6.04 Å². The van der Waals surface area contributed by atoms with Crippen molar-refractivity contribution in [1.29, 1.82) is 0 Å². The van der Waals surface area contributed by atoms with Crippen molar-refractivity contribution in [3.8, 4) is 0 Å². The number of rotatable bonds is 6. The van der Waals surface area contributed by atoms with Crippen LogP contribution in [0.2, 0.25) is 0 Å². The zero-order valence-electron chi connectivity index (χ0n) is 10.9. The Morgan fingerprint density at radius 2 is 2.00 bits per heavy atom. The maximum absolute atomic E-state index is 12.4. The average Bonchev–Trinajstić information content (AvgIpc) is 2.78. The van der Waals surface area contributed by atoms with Gasteiger partial charge in [0.2, 0.25) is 5.91 Å². The zero-order chi connectivity index (χ0) is 12.9. The molecule has 0 spiro atoms. The van der Waals surface area contributed by atoms with E-state index in [1.54, 1.807) is 0 Å². The van der Waals surface area contributed by atoms with Crippen LogP contribution in [0.25, 0.3) is 0 Å². The lowest BCUT2D eigenvalue weighted by atomic mass is 9.84. The summed E-state index contributed by atoms with van der Waals surface area (Å²) in [6, 6.07) is 0.263. The molecule has 1 fully saturated rings. The van der Waals surface area contributed by atoms with Crippen LogP contribution in [0.15, 0.2) is 0 Å². The van der Waals surface area contributed by atoms with E-state index >= 15 is 0 Å². The maximum Gasteiger partial charge on any atom is 0.233 e. The number of carbonyl (C=O) groups excluding carboxylic acids is 1. The second kappa shape index (κ2) is 6.34. The number of thiocarbonyl (C=S) groups is 1. The van der Waals surface area contributed by atoms with Crippen LogP contribution in [0, 0.1) is 5.41 Å². The highest BCUT2D eigenvalue weighted by Crippen LogP contribution is 2.38. The van der Waals surface area contributed by atoms with Crippen LogP contribution < -0.4 is 11.1 Å². The molecule has 98 valence electrons. The molecule has 0 aromatic heterocycles. The van der Waals surface area contributed by atoms with E-state index in [2.05, 4.69) is 19.2 Å². The summed E-state index contributed by atoms with van der Waals surface area (Å²) in [4.78, 5) is 12.7. The smallest absolute Gasteiger partial charge is 0.233 e. The van der Waals surface area contributed by atoms with E-state index in [4.69, 9.17) is 18.0 Å². The van der Waals surface area contributed by atoms with Gasteiger partial charge >= 0.3 is 0 Å². The molecule has 1 unspecified atom stereocenters. The third-order valence-electron chi connectivity index (χ3n) is 3.83. The Kier molecular flexibility index (Phi) is 5.37. The summed E-state index contributed by atoms with van der Waals surface area (Å²) in [7, 11) is 0. The van der Waals surface area contributed by atoms with E-state index in [0.29, 0.717) is 4.99 Å². The van der Waals surface area contributed by atoms with Crippen LogP contribution >= 0.6 is 12.2 Å². The van der Waals surface area contributed by atoms with Crippen molar-refractivity contribution in [3.05, 3.63) is 0 Å². The molecule has 1 atom stereocenters. The van der Waals surface area contributed by atoms with E-state index in [1.165, 1.54) is 0 Å². The van der Waals surface area contributed by atoms with Gasteiger partial charge in [0.05, 0.1) is 10.4 Å². The number of carbonyl (C=O) groups is 1. The van der Waals surface area contributed by atoms with Crippen molar-refractivity contribution >= 4 is 23.1 Å². The van der Waals surface area contributed by atoms with Gasteiger partial charge in [-0.15, -0.1) is 0 Å². The number of hydrogen-bond donors (Lipinski definition) is 2. The first kappa shape index (κ1) is 14.4. The molecule has 1 saturated carbocycles. The minimum Gasteiger partial charge on any atom is -0.392 e. The van der Waals surface area contributed by atoms with Crippen LogP contribution in [0.3, 0.4) is 0 Å². The predicted octanol–water partition coefficient (Wildman–Crippen LogP) is 2.53. The molecular formula is C13H24N2OS. The van der Waals surface area contributed by atoms with Gasteiger partial charge in [0.15, 0.2) is 0 Å². The fraction of sp³-hybridized carbons (Fsp3) is 0.846. The van der Waals surface area contributed by atoms with Gasteiger partial charge in [0.1, 0.15) is 0 Å². The Labute approximate surface area is 110 Å². The molecule has 1 aliphatic carbocycles. The van der Waals surface area contributed by atoms with Gasteiger partial charge in [-0.2, -0.15) is 0 Å². The molecule has 0 radical (unpaired) electrons. The number of nitrogens with one attached hydrogen (secondary N) is 1. The molecule has 1 aliphatic rings. The van der Waals surface area contributed by atoms with Crippen molar-refractivity contribution in [3.63, 3.8) is 0 Å². The summed E-state index contributed by atoms with van der Waals surface area (Å²) in [6.45, 7) is 4.23. The first-order valence-corrected chi connectivity index (χ1v) is 7.08. The van der Waals surface area contributed by atoms with Crippen molar-refractivity contribution < 1.29 is 4.79 Å². The fourth-order valence-electron chi connectivity index (χ4n) is 2.61. The van der Waals surface area contributed by atoms with Crippen molar-refractivity contribution in [1.82, 2.24) is 5.32 Å². The Morgan fingerprint density at radius 1 is 1.41 bits per heavy atom. The molecule has 1 amide bonds. The molecule has 0 heterocycles. The molecule has 4 heteroatoms. The standard InChI is InChI=1S/C13H24N2OS/c1-3-7-10(4-2)15-12(16)13(11(14)17)8-5-6-9-13/h10H,3-9H2,1-2H3,(H2,14,17)(H,15,16). The van der Waals surface area contributed by atoms with E-state index in [9.17, 15) is 4.79 Å². The highest BCUT2D eigenvalue weighted by molar-refractivity contribution is 7.80. The Hall–Kier alpha value is -0.640. The van der Waals surface area contributed by atoms with Crippen LogP contribution in [0.1, 0.15) is 58.8 Å². The summed E-state index contributed by atoms with van der Waals surface area (Å²) < 4.78 is 0. The molecule has 0 aliphatic heterocycles. The summed E-state index contributed by atoms with van der Waals surface area (Å²) in [5.41, 5.74) is 5.24. The quantitative estimate of drug-likeness (QED) is 0.718. The first-order valence-electron chi connectivity index (χ1n) is 6.67. The molecular weight excluding hydrogens is 232 g/mol. The lowest BCUT2D eigenvalue weighted by Gasteiger charge is -2.29. The minimum absolute atomic E-state index is 0.0581. The van der Waals surface area contributed by atoms with Gasteiger partial charge < -0.3 is 11.1 Å². The van der Waals surface area contributed by atoms with Crippen LogP contribution in [0.5, 0.6) is 0 Å². The predicted molar refractivity (Wildman–Crippen MR) is 74.8 cm³/mol. The van der Waals surface area contributed by atoms with E-state index < -0.39 is 5.41 Å². The molecule has 17 heavy (non-hydrogen) atoms. The average molecular weight is 256 g/mol. The van der Waals surface area contributed by atoms with Gasteiger partial charge in [-0.3, -0.25) is 4.79 Å².